The van der Waals surface area contributed by atoms with Crippen molar-refractivity contribution in [1.82, 2.24) is 4.90 Å². The summed E-state index contributed by atoms with van der Waals surface area (Å²) >= 11 is 0. The van der Waals surface area contributed by atoms with Gasteiger partial charge in [0, 0.05) is 26.2 Å². The Morgan fingerprint density at radius 1 is 1.45 bits per heavy atom. The van der Waals surface area contributed by atoms with Crippen molar-refractivity contribution >= 4 is 0 Å². The van der Waals surface area contributed by atoms with Crippen LogP contribution in [-0.4, -0.2) is 41.8 Å². The molecule has 1 rings (SSSR count). The van der Waals surface area contributed by atoms with Gasteiger partial charge in [0.15, 0.2) is 0 Å². The second kappa shape index (κ2) is 3.52. The first-order valence-corrected chi connectivity index (χ1v) is 4.29. The topological polar surface area (TPSA) is 49.5 Å². The van der Waals surface area contributed by atoms with E-state index in [0.29, 0.717) is 0 Å². The van der Waals surface area contributed by atoms with Crippen molar-refractivity contribution in [3.05, 3.63) is 0 Å². The highest BCUT2D eigenvalue weighted by Gasteiger charge is 2.26. The average Bonchev–Trinajstić information content (AvgIpc) is 1.94. The maximum Gasteiger partial charge on any atom is 0.0644 e. The zero-order chi connectivity index (χ0) is 8.32. The van der Waals surface area contributed by atoms with Crippen LogP contribution in [-0.2, 0) is 0 Å². The van der Waals surface area contributed by atoms with E-state index in [0.717, 1.165) is 39.0 Å². The molecule has 0 aromatic heterocycles. The molecule has 0 saturated carbocycles. The molecule has 0 bridgehead atoms. The monoisotopic (exact) mass is 158 g/mol. The van der Waals surface area contributed by atoms with Gasteiger partial charge in [0.05, 0.1) is 5.60 Å². The van der Waals surface area contributed by atoms with Gasteiger partial charge in [0.1, 0.15) is 0 Å². The van der Waals surface area contributed by atoms with Crippen LogP contribution in [0.25, 0.3) is 0 Å². The summed E-state index contributed by atoms with van der Waals surface area (Å²) in [4.78, 5) is 2.30. The number of piperidine rings is 1. The molecule has 0 unspecified atom stereocenters. The molecule has 1 aliphatic rings. The Hall–Kier alpha value is -0.120. The molecule has 0 atom stereocenters. The van der Waals surface area contributed by atoms with Gasteiger partial charge >= 0.3 is 0 Å². The lowest BCUT2D eigenvalue weighted by Gasteiger charge is -2.35. The van der Waals surface area contributed by atoms with Gasteiger partial charge in [-0.2, -0.15) is 0 Å². The van der Waals surface area contributed by atoms with Crippen LogP contribution in [0, 0.1) is 0 Å². The van der Waals surface area contributed by atoms with Crippen LogP contribution in [0.15, 0.2) is 0 Å². The van der Waals surface area contributed by atoms with Crippen molar-refractivity contribution in [3.63, 3.8) is 0 Å². The third kappa shape index (κ3) is 2.77. The first-order valence-electron chi connectivity index (χ1n) is 4.29. The molecule has 66 valence electrons. The van der Waals surface area contributed by atoms with Crippen molar-refractivity contribution in [3.8, 4) is 0 Å². The fourth-order valence-corrected chi connectivity index (χ4v) is 1.44. The summed E-state index contributed by atoms with van der Waals surface area (Å²) in [5.74, 6) is 0. The fraction of sp³-hybridized carbons (Fsp3) is 1.00. The summed E-state index contributed by atoms with van der Waals surface area (Å²) < 4.78 is 0. The van der Waals surface area contributed by atoms with Gasteiger partial charge in [0.2, 0.25) is 0 Å². The van der Waals surface area contributed by atoms with Crippen LogP contribution in [0.4, 0.5) is 0 Å². The summed E-state index contributed by atoms with van der Waals surface area (Å²) in [6, 6.07) is 0. The van der Waals surface area contributed by atoms with Gasteiger partial charge in [-0.05, 0) is 19.8 Å². The van der Waals surface area contributed by atoms with Crippen molar-refractivity contribution in [2.45, 2.75) is 25.4 Å². The van der Waals surface area contributed by atoms with Gasteiger partial charge in [-0.25, -0.2) is 0 Å². The Morgan fingerprint density at radius 2 is 2.00 bits per heavy atom. The maximum absolute atomic E-state index is 9.60. The Balaban J connectivity index is 2.25. The summed E-state index contributed by atoms with van der Waals surface area (Å²) in [5, 5.41) is 9.60. The zero-order valence-corrected chi connectivity index (χ0v) is 7.21. The molecule has 1 heterocycles. The highest BCUT2D eigenvalue weighted by Crippen LogP contribution is 2.20. The van der Waals surface area contributed by atoms with E-state index < -0.39 is 5.60 Å². The third-order valence-corrected chi connectivity index (χ3v) is 2.38. The average molecular weight is 158 g/mol. The van der Waals surface area contributed by atoms with Crippen LogP contribution >= 0.6 is 0 Å². The summed E-state index contributed by atoms with van der Waals surface area (Å²) in [5.41, 5.74) is 5.00. The Kier molecular flexibility index (Phi) is 2.87. The lowest BCUT2D eigenvalue weighted by atomic mass is 9.94. The minimum absolute atomic E-state index is 0.425. The number of nitrogens with zero attached hydrogens (tertiary/aromatic N) is 1. The highest BCUT2D eigenvalue weighted by molar-refractivity contribution is 4.81. The second-order valence-electron chi connectivity index (χ2n) is 3.63. The van der Waals surface area contributed by atoms with E-state index in [4.69, 9.17) is 5.73 Å². The van der Waals surface area contributed by atoms with Crippen LogP contribution in [0.1, 0.15) is 19.8 Å². The Morgan fingerprint density at radius 3 is 2.45 bits per heavy atom. The quantitative estimate of drug-likeness (QED) is 0.585. The Bertz CT molecular complexity index is 115. The van der Waals surface area contributed by atoms with E-state index in [1.165, 1.54) is 0 Å². The summed E-state index contributed by atoms with van der Waals surface area (Å²) in [7, 11) is 0. The van der Waals surface area contributed by atoms with Crippen LogP contribution in [0.3, 0.4) is 0 Å². The van der Waals surface area contributed by atoms with E-state index >= 15 is 0 Å². The van der Waals surface area contributed by atoms with Gasteiger partial charge in [-0.3, -0.25) is 0 Å². The van der Waals surface area contributed by atoms with E-state index in [2.05, 4.69) is 4.90 Å². The SMILES string of the molecule is CC1(O)CCN(CCN)CC1. The van der Waals surface area contributed by atoms with Crippen molar-refractivity contribution in [2.75, 3.05) is 26.2 Å². The van der Waals surface area contributed by atoms with Crippen molar-refractivity contribution in [2.24, 2.45) is 5.73 Å². The number of hydrogen-bond acceptors (Lipinski definition) is 3. The van der Waals surface area contributed by atoms with Gasteiger partial charge in [-0.1, -0.05) is 0 Å². The minimum Gasteiger partial charge on any atom is -0.390 e. The number of likely N-dealkylation sites (tertiary alicyclic amines) is 1. The first-order chi connectivity index (χ1) is 5.14. The molecule has 3 nitrogen and oxygen atoms in total. The molecule has 0 aromatic rings. The van der Waals surface area contributed by atoms with E-state index in [9.17, 15) is 5.11 Å². The largest absolute Gasteiger partial charge is 0.390 e. The molecular weight excluding hydrogens is 140 g/mol. The van der Waals surface area contributed by atoms with Crippen LogP contribution in [0.5, 0.6) is 0 Å². The molecule has 3 N–H and O–H groups in total. The molecule has 0 aromatic carbocycles. The Labute approximate surface area is 68.2 Å². The zero-order valence-electron chi connectivity index (χ0n) is 7.21. The molecule has 0 radical (unpaired) electrons. The van der Waals surface area contributed by atoms with Crippen molar-refractivity contribution in [1.29, 1.82) is 0 Å². The molecule has 1 saturated heterocycles. The van der Waals surface area contributed by atoms with E-state index in [1.54, 1.807) is 0 Å². The molecule has 0 aliphatic carbocycles. The van der Waals surface area contributed by atoms with Gasteiger partial charge < -0.3 is 15.7 Å². The second-order valence-corrected chi connectivity index (χ2v) is 3.63. The van der Waals surface area contributed by atoms with E-state index in [1.807, 2.05) is 6.92 Å². The number of rotatable bonds is 2. The lowest BCUT2D eigenvalue weighted by molar-refractivity contribution is -0.00445. The molecule has 0 spiro atoms. The molecule has 1 aliphatic heterocycles. The number of nitrogens with two attached hydrogens (primary N) is 1. The number of aliphatic hydroxyl groups is 1. The summed E-state index contributed by atoms with van der Waals surface area (Å²) in [6.45, 7) is 5.58. The van der Waals surface area contributed by atoms with Crippen LogP contribution in [0.2, 0.25) is 0 Å². The van der Waals surface area contributed by atoms with Gasteiger partial charge in [-0.15, -0.1) is 0 Å². The minimum atomic E-state index is -0.425. The molecule has 1 fully saturated rings. The van der Waals surface area contributed by atoms with Gasteiger partial charge in [0.25, 0.3) is 0 Å². The van der Waals surface area contributed by atoms with E-state index in [-0.39, 0.29) is 0 Å². The molecule has 0 amide bonds. The standard InChI is InChI=1S/C8H18N2O/c1-8(11)2-5-10(6-3-8)7-4-9/h11H,2-7,9H2,1H3. The molecule has 11 heavy (non-hydrogen) atoms. The molecule has 3 heteroatoms. The first kappa shape index (κ1) is 8.97. The third-order valence-electron chi connectivity index (χ3n) is 2.38. The smallest absolute Gasteiger partial charge is 0.0644 e. The predicted molar refractivity (Wildman–Crippen MR) is 45.4 cm³/mol. The number of hydrogen-bond donors (Lipinski definition) is 2. The highest BCUT2D eigenvalue weighted by atomic mass is 16.3. The lowest BCUT2D eigenvalue weighted by Crippen LogP contribution is -2.44. The van der Waals surface area contributed by atoms with Crippen molar-refractivity contribution < 1.29 is 5.11 Å². The normalized spacial score (nSPS) is 25.4. The maximum atomic E-state index is 9.60. The van der Waals surface area contributed by atoms with Crippen LogP contribution < -0.4 is 5.73 Å². The summed E-state index contributed by atoms with van der Waals surface area (Å²) in [6.07, 6.45) is 1.76. The molecular formula is C8H18N2O. The predicted octanol–water partition coefficient (Wildman–Crippen LogP) is -0.208. The fourth-order valence-electron chi connectivity index (χ4n) is 1.44.